The Balaban J connectivity index is 2.60. The highest BCUT2D eigenvalue weighted by atomic mass is 16.4. The topological polar surface area (TPSA) is 78.4 Å². The fraction of sp³-hybridized carbons (Fsp3) is 0.857. The van der Waals surface area contributed by atoms with Gasteiger partial charge in [-0.1, -0.05) is 40.0 Å². The number of carboxylic acids is 1. The molecular weight excluding hydrogens is 244 g/mol. The lowest BCUT2D eigenvalue weighted by atomic mass is 9.83. The number of rotatable bonds is 3. The highest BCUT2D eigenvalue weighted by Crippen LogP contribution is 2.27. The minimum absolute atomic E-state index is 0.205. The molecule has 110 valence electrons. The molecule has 1 aliphatic carbocycles. The molecule has 1 fully saturated rings. The third-order valence-electron chi connectivity index (χ3n) is 3.76. The molecule has 1 rings (SSSR count). The van der Waals surface area contributed by atoms with E-state index >= 15 is 0 Å². The highest BCUT2D eigenvalue weighted by molar-refractivity contribution is 5.83. The van der Waals surface area contributed by atoms with Crippen molar-refractivity contribution in [3.05, 3.63) is 0 Å². The van der Waals surface area contributed by atoms with Crippen LogP contribution in [0.5, 0.6) is 0 Å². The van der Waals surface area contributed by atoms with Gasteiger partial charge in [-0.2, -0.15) is 0 Å². The Kier molecular flexibility index (Phi) is 4.82. The number of hydrogen-bond acceptors (Lipinski definition) is 2. The van der Waals surface area contributed by atoms with Gasteiger partial charge in [-0.15, -0.1) is 0 Å². The summed E-state index contributed by atoms with van der Waals surface area (Å²) in [7, 11) is 0. The molecule has 2 amide bonds. The molecule has 1 aliphatic rings. The van der Waals surface area contributed by atoms with E-state index in [0.29, 0.717) is 0 Å². The van der Waals surface area contributed by atoms with Crippen molar-refractivity contribution in [3.8, 4) is 0 Å². The van der Waals surface area contributed by atoms with Gasteiger partial charge in [0.05, 0.1) is 0 Å². The number of carbonyl (C=O) groups is 2. The van der Waals surface area contributed by atoms with Crippen LogP contribution in [-0.4, -0.2) is 28.7 Å². The molecule has 5 nitrogen and oxygen atoms in total. The second-order valence-electron chi connectivity index (χ2n) is 6.86. The highest BCUT2D eigenvalue weighted by Gasteiger charge is 2.35. The van der Waals surface area contributed by atoms with Gasteiger partial charge < -0.3 is 15.7 Å². The van der Waals surface area contributed by atoms with E-state index in [1.807, 2.05) is 6.92 Å². The van der Waals surface area contributed by atoms with Crippen LogP contribution in [0.2, 0.25) is 0 Å². The average Bonchev–Trinajstić information content (AvgIpc) is 2.24. The predicted molar refractivity (Wildman–Crippen MR) is 74.0 cm³/mol. The molecule has 0 heterocycles. The second-order valence-corrected chi connectivity index (χ2v) is 6.86. The average molecular weight is 270 g/mol. The quantitative estimate of drug-likeness (QED) is 0.737. The Hall–Kier alpha value is -1.26. The third kappa shape index (κ3) is 4.73. The van der Waals surface area contributed by atoms with E-state index in [9.17, 15) is 14.7 Å². The lowest BCUT2D eigenvalue weighted by molar-refractivity contribution is -0.141. The van der Waals surface area contributed by atoms with Gasteiger partial charge in [0.15, 0.2) is 0 Å². The molecule has 0 bridgehead atoms. The molecule has 1 atom stereocenters. The molecule has 0 aliphatic heterocycles. The third-order valence-corrected chi connectivity index (χ3v) is 3.76. The van der Waals surface area contributed by atoms with Crippen LogP contribution in [0.25, 0.3) is 0 Å². The number of urea groups is 1. The molecule has 0 aromatic heterocycles. The van der Waals surface area contributed by atoms with E-state index in [1.165, 1.54) is 6.42 Å². The maximum Gasteiger partial charge on any atom is 0.326 e. The molecule has 0 aromatic carbocycles. The van der Waals surface area contributed by atoms with Crippen molar-refractivity contribution in [2.24, 2.45) is 5.41 Å². The molecule has 19 heavy (non-hydrogen) atoms. The van der Waals surface area contributed by atoms with E-state index in [-0.39, 0.29) is 11.6 Å². The largest absolute Gasteiger partial charge is 0.480 e. The van der Waals surface area contributed by atoms with Gasteiger partial charge in [0, 0.05) is 5.54 Å². The van der Waals surface area contributed by atoms with Crippen LogP contribution in [0.4, 0.5) is 4.79 Å². The van der Waals surface area contributed by atoms with Crippen LogP contribution < -0.4 is 10.6 Å². The van der Waals surface area contributed by atoms with Gasteiger partial charge >= 0.3 is 12.0 Å². The maximum atomic E-state index is 12.0. The summed E-state index contributed by atoms with van der Waals surface area (Å²) in [4.78, 5) is 23.2. The molecule has 0 unspecified atom stereocenters. The van der Waals surface area contributed by atoms with Gasteiger partial charge in [-0.3, -0.25) is 0 Å². The van der Waals surface area contributed by atoms with Crippen molar-refractivity contribution < 1.29 is 14.7 Å². The second kappa shape index (κ2) is 5.80. The van der Waals surface area contributed by atoms with Crippen molar-refractivity contribution >= 4 is 12.0 Å². The lowest BCUT2D eigenvalue weighted by Gasteiger charge is -2.36. The van der Waals surface area contributed by atoms with Gasteiger partial charge in [-0.05, 0) is 25.2 Å². The van der Waals surface area contributed by atoms with Gasteiger partial charge in [0.1, 0.15) is 6.04 Å². The van der Waals surface area contributed by atoms with Crippen LogP contribution in [0, 0.1) is 5.41 Å². The number of carbonyl (C=O) groups excluding carboxylic acids is 1. The molecule has 0 saturated heterocycles. The molecule has 5 heteroatoms. The molecule has 0 radical (unpaired) electrons. The number of amides is 2. The Bertz CT molecular complexity index is 341. The number of nitrogens with one attached hydrogen (secondary N) is 2. The Morgan fingerprint density at radius 2 is 1.68 bits per heavy atom. The van der Waals surface area contributed by atoms with Gasteiger partial charge in [-0.25, -0.2) is 9.59 Å². The maximum absolute atomic E-state index is 12.0. The summed E-state index contributed by atoms with van der Waals surface area (Å²) in [5.74, 6) is -1.00. The van der Waals surface area contributed by atoms with E-state index < -0.39 is 17.4 Å². The SMILES string of the molecule is CC1(NC(=O)N[C@@H](C(=O)O)C(C)(C)C)CCCCC1. The normalized spacial score (nSPS) is 20.4. The van der Waals surface area contributed by atoms with E-state index in [4.69, 9.17) is 0 Å². The molecule has 1 saturated carbocycles. The Labute approximate surface area is 115 Å². The summed E-state index contributed by atoms with van der Waals surface area (Å²) in [6, 6.07) is -1.27. The molecule has 3 N–H and O–H groups in total. The van der Waals surface area contributed by atoms with E-state index in [2.05, 4.69) is 10.6 Å². The summed E-state index contributed by atoms with van der Waals surface area (Å²) >= 11 is 0. The summed E-state index contributed by atoms with van der Waals surface area (Å²) in [6.45, 7) is 7.43. The van der Waals surface area contributed by atoms with Crippen molar-refractivity contribution in [1.82, 2.24) is 10.6 Å². The first-order valence-corrected chi connectivity index (χ1v) is 6.95. The first-order valence-electron chi connectivity index (χ1n) is 6.95. The number of carboxylic acid groups (broad SMARTS) is 1. The van der Waals surface area contributed by atoms with E-state index in [1.54, 1.807) is 20.8 Å². The molecule has 0 spiro atoms. The van der Waals surface area contributed by atoms with Crippen LogP contribution in [0.1, 0.15) is 59.8 Å². The van der Waals surface area contributed by atoms with Crippen molar-refractivity contribution in [2.75, 3.05) is 0 Å². The van der Waals surface area contributed by atoms with Crippen molar-refractivity contribution in [2.45, 2.75) is 71.4 Å². The van der Waals surface area contributed by atoms with E-state index in [0.717, 1.165) is 25.7 Å². The Morgan fingerprint density at radius 3 is 2.11 bits per heavy atom. The monoisotopic (exact) mass is 270 g/mol. The summed E-state index contributed by atoms with van der Waals surface area (Å²) in [6.07, 6.45) is 5.33. The van der Waals surface area contributed by atoms with Crippen LogP contribution in [0.15, 0.2) is 0 Å². The zero-order valence-electron chi connectivity index (χ0n) is 12.4. The lowest BCUT2D eigenvalue weighted by Crippen LogP contribution is -2.57. The summed E-state index contributed by atoms with van der Waals surface area (Å²) in [5, 5.41) is 14.7. The van der Waals surface area contributed by atoms with Crippen LogP contribution in [0.3, 0.4) is 0 Å². The summed E-state index contributed by atoms with van der Waals surface area (Å²) < 4.78 is 0. The minimum Gasteiger partial charge on any atom is -0.480 e. The first-order chi connectivity index (χ1) is 8.64. The van der Waals surface area contributed by atoms with Gasteiger partial charge in [0.2, 0.25) is 0 Å². The molecular formula is C14H26N2O3. The fourth-order valence-corrected chi connectivity index (χ4v) is 2.55. The predicted octanol–water partition coefficient (Wildman–Crippen LogP) is 2.51. The standard InChI is InChI=1S/C14H26N2O3/c1-13(2,3)10(11(17)18)15-12(19)16-14(4)8-6-5-7-9-14/h10H,5-9H2,1-4H3,(H,17,18)(H2,15,16,19)/t10-/m0/s1. The number of hydrogen-bond donors (Lipinski definition) is 3. The van der Waals surface area contributed by atoms with Crippen LogP contribution in [-0.2, 0) is 4.79 Å². The fourth-order valence-electron chi connectivity index (χ4n) is 2.55. The van der Waals surface area contributed by atoms with Crippen molar-refractivity contribution in [1.29, 1.82) is 0 Å². The van der Waals surface area contributed by atoms with Crippen LogP contribution >= 0.6 is 0 Å². The smallest absolute Gasteiger partial charge is 0.326 e. The first kappa shape index (κ1) is 15.8. The molecule has 0 aromatic rings. The number of aliphatic carboxylic acids is 1. The summed E-state index contributed by atoms with van der Waals surface area (Å²) in [5.41, 5.74) is -0.722. The zero-order valence-corrected chi connectivity index (χ0v) is 12.4. The van der Waals surface area contributed by atoms with Crippen molar-refractivity contribution in [3.63, 3.8) is 0 Å². The zero-order chi connectivity index (χ0) is 14.7. The Morgan fingerprint density at radius 1 is 1.16 bits per heavy atom. The van der Waals surface area contributed by atoms with Gasteiger partial charge in [0.25, 0.3) is 0 Å². The minimum atomic E-state index is -1.00.